The van der Waals surface area contributed by atoms with Gasteiger partial charge in [-0.2, -0.15) is 0 Å². The van der Waals surface area contributed by atoms with Crippen molar-refractivity contribution in [1.82, 2.24) is 10.2 Å². The number of methoxy groups -OCH3 is 1. The number of piperidine rings is 1. The summed E-state index contributed by atoms with van der Waals surface area (Å²) < 4.78 is 5.24. The predicted octanol–water partition coefficient (Wildman–Crippen LogP) is 3.19. The van der Waals surface area contributed by atoms with Crippen LogP contribution in [0, 0.1) is 0 Å². The van der Waals surface area contributed by atoms with Crippen LogP contribution in [0.3, 0.4) is 0 Å². The van der Waals surface area contributed by atoms with E-state index in [4.69, 9.17) is 4.74 Å². The topological polar surface area (TPSA) is 24.5 Å². The monoisotopic (exact) mass is 288 g/mol. The Bertz CT molecular complexity index is 431. The fraction of sp³-hybridized carbons (Fsp3) is 0.667. The summed E-state index contributed by atoms with van der Waals surface area (Å²) in [5, 5.41) is 3.73. The van der Waals surface area contributed by atoms with Gasteiger partial charge in [-0.3, -0.25) is 4.90 Å². The van der Waals surface area contributed by atoms with Crippen molar-refractivity contribution in [2.24, 2.45) is 0 Å². The third-order valence-corrected chi connectivity index (χ3v) is 5.09. The van der Waals surface area contributed by atoms with Crippen molar-refractivity contribution in [2.45, 2.75) is 63.7 Å². The van der Waals surface area contributed by atoms with Crippen LogP contribution in [0.25, 0.3) is 0 Å². The molecule has 1 aromatic rings. The van der Waals surface area contributed by atoms with E-state index in [1.807, 2.05) is 0 Å². The van der Waals surface area contributed by atoms with Gasteiger partial charge in [-0.15, -0.1) is 0 Å². The van der Waals surface area contributed by atoms with Crippen LogP contribution in [0.2, 0.25) is 0 Å². The Labute approximate surface area is 128 Å². The number of hydrogen-bond donors (Lipinski definition) is 1. The molecule has 3 heteroatoms. The van der Waals surface area contributed by atoms with Gasteiger partial charge in [-0.25, -0.2) is 0 Å². The zero-order valence-electron chi connectivity index (χ0n) is 13.3. The molecule has 0 radical (unpaired) electrons. The third-order valence-electron chi connectivity index (χ3n) is 5.09. The van der Waals surface area contributed by atoms with E-state index in [0.29, 0.717) is 0 Å². The van der Waals surface area contributed by atoms with Gasteiger partial charge in [0.2, 0.25) is 0 Å². The SMILES string of the molecule is CCCNC1CC2CCC(C1)N2Cc1ccc(OC)cc1. The van der Waals surface area contributed by atoms with Gasteiger partial charge in [-0.05, 0) is 56.3 Å². The molecule has 3 nitrogen and oxygen atoms in total. The fourth-order valence-electron chi connectivity index (χ4n) is 3.99. The van der Waals surface area contributed by atoms with Crippen LogP contribution >= 0.6 is 0 Å². The summed E-state index contributed by atoms with van der Waals surface area (Å²) in [4.78, 5) is 2.74. The molecule has 0 aliphatic carbocycles. The lowest BCUT2D eigenvalue weighted by Gasteiger charge is -2.39. The molecular formula is C18H28N2O. The molecule has 2 saturated heterocycles. The highest BCUT2D eigenvalue weighted by atomic mass is 16.5. The lowest BCUT2D eigenvalue weighted by molar-refractivity contribution is 0.109. The molecule has 21 heavy (non-hydrogen) atoms. The molecule has 2 aliphatic heterocycles. The summed E-state index contributed by atoms with van der Waals surface area (Å²) >= 11 is 0. The molecule has 2 aliphatic rings. The van der Waals surface area contributed by atoms with Gasteiger partial charge in [-0.1, -0.05) is 19.1 Å². The van der Waals surface area contributed by atoms with Crippen LogP contribution < -0.4 is 10.1 Å². The first-order valence-corrected chi connectivity index (χ1v) is 8.42. The van der Waals surface area contributed by atoms with E-state index < -0.39 is 0 Å². The van der Waals surface area contributed by atoms with Gasteiger partial charge in [0.05, 0.1) is 7.11 Å². The Morgan fingerprint density at radius 1 is 1.14 bits per heavy atom. The van der Waals surface area contributed by atoms with E-state index in [0.717, 1.165) is 30.4 Å². The fourth-order valence-corrected chi connectivity index (χ4v) is 3.99. The second-order valence-corrected chi connectivity index (χ2v) is 6.53. The van der Waals surface area contributed by atoms with E-state index in [-0.39, 0.29) is 0 Å². The number of nitrogens with one attached hydrogen (secondary N) is 1. The van der Waals surface area contributed by atoms with E-state index in [1.54, 1.807) is 7.11 Å². The molecule has 2 bridgehead atoms. The van der Waals surface area contributed by atoms with Gasteiger partial charge < -0.3 is 10.1 Å². The molecule has 116 valence electrons. The van der Waals surface area contributed by atoms with E-state index in [2.05, 4.69) is 41.4 Å². The molecule has 0 saturated carbocycles. The van der Waals surface area contributed by atoms with Gasteiger partial charge in [0.1, 0.15) is 5.75 Å². The van der Waals surface area contributed by atoms with Crippen molar-refractivity contribution in [1.29, 1.82) is 0 Å². The predicted molar refractivity (Wildman–Crippen MR) is 86.7 cm³/mol. The maximum Gasteiger partial charge on any atom is 0.118 e. The molecule has 0 amide bonds. The number of benzene rings is 1. The van der Waals surface area contributed by atoms with Crippen molar-refractivity contribution < 1.29 is 4.74 Å². The van der Waals surface area contributed by atoms with Gasteiger partial charge in [0.15, 0.2) is 0 Å². The lowest BCUT2D eigenvalue weighted by atomic mass is 9.96. The van der Waals surface area contributed by atoms with E-state index in [9.17, 15) is 0 Å². The number of ether oxygens (including phenoxy) is 1. The summed E-state index contributed by atoms with van der Waals surface area (Å²) in [7, 11) is 1.73. The average molecular weight is 288 g/mol. The van der Waals surface area contributed by atoms with Crippen LogP contribution in [0.4, 0.5) is 0 Å². The van der Waals surface area contributed by atoms with Crippen molar-refractivity contribution >= 4 is 0 Å². The minimum atomic E-state index is 0.745. The summed E-state index contributed by atoms with van der Waals surface area (Å²) in [6.07, 6.45) is 6.65. The Balaban J connectivity index is 1.59. The first-order valence-electron chi connectivity index (χ1n) is 8.42. The highest BCUT2D eigenvalue weighted by molar-refractivity contribution is 5.27. The number of rotatable bonds is 6. The second kappa shape index (κ2) is 6.80. The number of nitrogens with zero attached hydrogens (tertiary/aromatic N) is 1. The summed E-state index contributed by atoms with van der Waals surface area (Å²) in [5.41, 5.74) is 1.41. The molecule has 2 fully saturated rings. The second-order valence-electron chi connectivity index (χ2n) is 6.53. The molecule has 0 aromatic heterocycles. The van der Waals surface area contributed by atoms with Gasteiger partial charge in [0, 0.05) is 24.7 Å². The third kappa shape index (κ3) is 3.41. The molecule has 2 heterocycles. The normalized spacial score (nSPS) is 28.8. The van der Waals surface area contributed by atoms with Crippen LogP contribution in [0.1, 0.15) is 44.6 Å². The number of hydrogen-bond acceptors (Lipinski definition) is 3. The smallest absolute Gasteiger partial charge is 0.118 e. The van der Waals surface area contributed by atoms with Crippen molar-refractivity contribution in [3.05, 3.63) is 29.8 Å². The van der Waals surface area contributed by atoms with Crippen LogP contribution in [-0.2, 0) is 6.54 Å². The highest BCUT2D eigenvalue weighted by Gasteiger charge is 2.40. The van der Waals surface area contributed by atoms with Crippen LogP contribution in [0.15, 0.2) is 24.3 Å². The summed E-state index contributed by atoms with van der Waals surface area (Å²) in [6.45, 7) is 4.52. The molecule has 1 N–H and O–H groups in total. The Hall–Kier alpha value is -1.06. The molecule has 3 rings (SSSR count). The van der Waals surface area contributed by atoms with Crippen LogP contribution in [-0.4, -0.2) is 36.7 Å². The van der Waals surface area contributed by atoms with Crippen molar-refractivity contribution in [3.8, 4) is 5.75 Å². The summed E-state index contributed by atoms with van der Waals surface area (Å²) in [5.74, 6) is 0.948. The van der Waals surface area contributed by atoms with Gasteiger partial charge in [0.25, 0.3) is 0 Å². The van der Waals surface area contributed by atoms with E-state index >= 15 is 0 Å². The standard InChI is InChI=1S/C18H28N2O/c1-3-10-19-15-11-16-6-7-17(12-15)20(16)13-14-4-8-18(21-2)9-5-14/h4-5,8-9,15-17,19H,3,6-7,10-13H2,1-2H3. The minimum absolute atomic E-state index is 0.745. The van der Waals surface area contributed by atoms with Crippen molar-refractivity contribution in [2.75, 3.05) is 13.7 Å². The molecule has 1 aromatic carbocycles. The van der Waals surface area contributed by atoms with E-state index in [1.165, 1.54) is 44.2 Å². The first kappa shape index (κ1) is 14.9. The van der Waals surface area contributed by atoms with Gasteiger partial charge >= 0.3 is 0 Å². The quantitative estimate of drug-likeness (QED) is 0.870. The maximum absolute atomic E-state index is 5.24. The highest BCUT2D eigenvalue weighted by Crippen LogP contribution is 2.36. The first-order chi connectivity index (χ1) is 10.3. The Morgan fingerprint density at radius 2 is 1.81 bits per heavy atom. The number of fused-ring (bicyclic) bond motifs is 2. The largest absolute Gasteiger partial charge is 0.497 e. The average Bonchev–Trinajstić information content (AvgIpc) is 2.75. The Morgan fingerprint density at radius 3 is 2.38 bits per heavy atom. The molecule has 2 atom stereocenters. The molecular weight excluding hydrogens is 260 g/mol. The summed E-state index contributed by atoms with van der Waals surface area (Å²) in [6, 6.07) is 10.9. The molecule has 2 unspecified atom stereocenters. The zero-order valence-corrected chi connectivity index (χ0v) is 13.3. The maximum atomic E-state index is 5.24. The minimum Gasteiger partial charge on any atom is -0.497 e. The van der Waals surface area contributed by atoms with Crippen molar-refractivity contribution in [3.63, 3.8) is 0 Å². The lowest BCUT2D eigenvalue weighted by Crippen LogP contribution is -2.48. The van der Waals surface area contributed by atoms with Crippen LogP contribution in [0.5, 0.6) is 5.75 Å². The Kier molecular flexibility index (Phi) is 4.81. The zero-order chi connectivity index (χ0) is 14.7. The molecule has 0 spiro atoms.